The zero-order valence-corrected chi connectivity index (χ0v) is 13.2. The summed E-state index contributed by atoms with van der Waals surface area (Å²) in [5.41, 5.74) is 5.87. The molecule has 2 N–H and O–H groups in total. The predicted octanol–water partition coefficient (Wildman–Crippen LogP) is 2.07. The highest BCUT2D eigenvalue weighted by atomic mass is 32.2. The van der Waals surface area contributed by atoms with E-state index in [-0.39, 0.29) is 33.0 Å². The summed E-state index contributed by atoms with van der Waals surface area (Å²) in [5, 5.41) is 4.24. The van der Waals surface area contributed by atoms with Crippen LogP contribution in [0.4, 0.5) is 5.82 Å². The number of aromatic nitrogens is 2. The monoisotopic (exact) mass is 325 g/mol. The van der Waals surface area contributed by atoms with Crippen molar-refractivity contribution in [3.05, 3.63) is 30.3 Å². The van der Waals surface area contributed by atoms with Crippen LogP contribution in [0.1, 0.15) is 18.1 Å². The molecule has 0 amide bonds. The standard InChI is InChI=1S/C13H15N3O3S2/c1-3-10(17)16-12(14)11(13(15-16)20-2)21(18,19)9-7-5-4-6-8-9/h4-8H,3,14H2,1-2H3. The van der Waals surface area contributed by atoms with Crippen LogP contribution in [0.5, 0.6) is 0 Å². The van der Waals surface area contributed by atoms with Crippen molar-refractivity contribution in [3.8, 4) is 0 Å². The molecule has 6 nitrogen and oxygen atoms in total. The summed E-state index contributed by atoms with van der Waals surface area (Å²) in [7, 11) is -3.81. The fourth-order valence-corrected chi connectivity index (χ4v) is 4.26. The molecule has 0 unspecified atom stereocenters. The Labute approximate surface area is 127 Å². The van der Waals surface area contributed by atoms with Gasteiger partial charge in [0.2, 0.25) is 15.7 Å². The molecule has 1 heterocycles. The Bertz CT molecular complexity index is 767. The van der Waals surface area contributed by atoms with Crippen LogP contribution in [0.3, 0.4) is 0 Å². The van der Waals surface area contributed by atoms with Gasteiger partial charge in [0.1, 0.15) is 9.92 Å². The highest BCUT2D eigenvalue weighted by molar-refractivity contribution is 7.99. The quantitative estimate of drug-likeness (QED) is 0.865. The number of carbonyl (C=O) groups is 1. The maximum atomic E-state index is 12.7. The van der Waals surface area contributed by atoms with Gasteiger partial charge >= 0.3 is 0 Å². The van der Waals surface area contributed by atoms with Crippen LogP contribution in [0.25, 0.3) is 0 Å². The van der Waals surface area contributed by atoms with Gasteiger partial charge in [-0.3, -0.25) is 4.79 Å². The van der Waals surface area contributed by atoms with Gasteiger partial charge in [-0.15, -0.1) is 11.8 Å². The number of hydrogen-bond donors (Lipinski definition) is 1. The Morgan fingerprint density at radius 2 is 1.95 bits per heavy atom. The molecular formula is C13H15N3O3S2. The molecule has 0 spiro atoms. The Kier molecular flexibility index (Phi) is 4.38. The van der Waals surface area contributed by atoms with E-state index >= 15 is 0 Å². The van der Waals surface area contributed by atoms with Gasteiger partial charge in [-0.25, -0.2) is 8.42 Å². The molecule has 0 radical (unpaired) electrons. The number of nitrogens with two attached hydrogens (primary N) is 1. The van der Waals surface area contributed by atoms with Crippen molar-refractivity contribution in [1.29, 1.82) is 0 Å². The van der Waals surface area contributed by atoms with Gasteiger partial charge in [-0.2, -0.15) is 9.78 Å². The summed E-state index contributed by atoms with van der Waals surface area (Å²) in [6, 6.07) is 7.95. The first-order valence-electron chi connectivity index (χ1n) is 6.19. The van der Waals surface area contributed by atoms with Crippen LogP contribution < -0.4 is 5.73 Å². The summed E-state index contributed by atoms with van der Waals surface area (Å²) in [4.78, 5) is 11.8. The lowest BCUT2D eigenvalue weighted by Crippen LogP contribution is -2.14. The summed E-state index contributed by atoms with van der Waals surface area (Å²) in [5.74, 6) is -0.493. The van der Waals surface area contributed by atoms with E-state index in [4.69, 9.17) is 5.73 Å². The Balaban J connectivity index is 2.69. The number of benzene rings is 1. The first-order chi connectivity index (χ1) is 9.93. The topological polar surface area (TPSA) is 95.0 Å². The van der Waals surface area contributed by atoms with Crippen molar-refractivity contribution in [2.45, 2.75) is 28.2 Å². The number of hydrogen-bond acceptors (Lipinski definition) is 6. The SMILES string of the molecule is CCC(=O)n1nc(SC)c(S(=O)(=O)c2ccccc2)c1N. The first-order valence-corrected chi connectivity index (χ1v) is 8.90. The Morgan fingerprint density at radius 3 is 2.48 bits per heavy atom. The van der Waals surface area contributed by atoms with Crippen LogP contribution in [0, 0.1) is 0 Å². The maximum Gasteiger partial charge on any atom is 0.248 e. The second-order valence-electron chi connectivity index (χ2n) is 4.20. The van der Waals surface area contributed by atoms with Crippen molar-refractivity contribution >= 4 is 33.3 Å². The Hall–Kier alpha value is -1.80. The normalized spacial score (nSPS) is 11.5. The lowest BCUT2D eigenvalue weighted by atomic mass is 10.4. The summed E-state index contributed by atoms with van der Waals surface area (Å²) < 4.78 is 26.4. The van der Waals surface area contributed by atoms with Crippen LogP contribution >= 0.6 is 11.8 Å². The number of sulfone groups is 1. The number of nitrogen functional groups attached to an aromatic ring is 1. The molecule has 21 heavy (non-hydrogen) atoms. The van der Waals surface area contributed by atoms with Gasteiger partial charge in [0, 0.05) is 6.42 Å². The van der Waals surface area contributed by atoms with E-state index in [0.29, 0.717) is 0 Å². The molecule has 0 saturated heterocycles. The molecular weight excluding hydrogens is 310 g/mol. The molecule has 112 valence electrons. The highest BCUT2D eigenvalue weighted by Crippen LogP contribution is 2.33. The predicted molar refractivity (Wildman–Crippen MR) is 81.2 cm³/mol. The first kappa shape index (κ1) is 15.6. The minimum Gasteiger partial charge on any atom is -0.382 e. The van der Waals surface area contributed by atoms with E-state index in [1.54, 1.807) is 31.4 Å². The van der Waals surface area contributed by atoms with Gasteiger partial charge in [0.05, 0.1) is 4.90 Å². The average Bonchev–Trinajstić information content (AvgIpc) is 2.84. The van der Waals surface area contributed by atoms with E-state index in [9.17, 15) is 13.2 Å². The van der Waals surface area contributed by atoms with Crippen molar-refractivity contribution in [2.24, 2.45) is 0 Å². The molecule has 8 heteroatoms. The highest BCUT2D eigenvalue weighted by Gasteiger charge is 2.30. The molecule has 2 aromatic rings. The number of anilines is 1. The van der Waals surface area contributed by atoms with Crippen molar-refractivity contribution in [1.82, 2.24) is 9.78 Å². The minimum absolute atomic E-state index is 0.108. The summed E-state index contributed by atoms with van der Waals surface area (Å²) >= 11 is 1.14. The lowest BCUT2D eigenvalue weighted by molar-refractivity contribution is 0.0894. The van der Waals surface area contributed by atoms with E-state index < -0.39 is 9.84 Å². The third-order valence-electron chi connectivity index (χ3n) is 2.90. The molecule has 0 fully saturated rings. The van der Waals surface area contributed by atoms with Crippen LogP contribution in [0.2, 0.25) is 0 Å². The molecule has 1 aromatic carbocycles. The molecule has 2 rings (SSSR count). The molecule has 0 aliphatic carbocycles. The third-order valence-corrected chi connectivity index (χ3v) is 5.53. The van der Waals surface area contributed by atoms with E-state index in [1.807, 2.05) is 0 Å². The van der Waals surface area contributed by atoms with Crippen LogP contribution in [-0.2, 0) is 9.84 Å². The van der Waals surface area contributed by atoms with Gasteiger partial charge in [-0.05, 0) is 18.4 Å². The Morgan fingerprint density at radius 1 is 1.33 bits per heavy atom. The number of nitrogens with zero attached hydrogens (tertiary/aromatic N) is 2. The van der Waals surface area contributed by atoms with Crippen LogP contribution in [0.15, 0.2) is 45.1 Å². The molecule has 0 bridgehead atoms. The number of rotatable bonds is 4. The molecule has 0 atom stereocenters. The second kappa shape index (κ2) is 5.90. The largest absolute Gasteiger partial charge is 0.382 e. The van der Waals surface area contributed by atoms with Gasteiger partial charge < -0.3 is 5.73 Å². The molecule has 0 aliphatic rings. The lowest BCUT2D eigenvalue weighted by Gasteiger charge is -2.05. The zero-order chi connectivity index (χ0) is 15.6. The summed E-state index contributed by atoms with van der Waals surface area (Å²) in [6.45, 7) is 1.66. The molecule has 0 aliphatic heterocycles. The molecule has 1 aromatic heterocycles. The van der Waals surface area contributed by atoms with Crippen LogP contribution in [-0.4, -0.2) is 30.4 Å². The second-order valence-corrected chi connectivity index (χ2v) is 6.88. The summed E-state index contributed by atoms with van der Waals surface area (Å²) in [6.07, 6.45) is 1.87. The minimum atomic E-state index is -3.81. The third kappa shape index (κ3) is 2.68. The number of carbonyl (C=O) groups excluding carboxylic acids is 1. The van der Waals surface area contributed by atoms with Crippen molar-refractivity contribution in [3.63, 3.8) is 0 Å². The maximum absolute atomic E-state index is 12.7. The van der Waals surface area contributed by atoms with E-state index in [2.05, 4.69) is 5.10 Å². The van der Waals surface area contributed by atoms with Crippen molar-refractivity contribution < 1.29 is 13.2 Å². The number of thioether (sulfide) groups is 1. The fourth-order valence-electron chi connectivity index (χ4n) is 1.84. The fraction of sp³-hybridized carbons (Fsp3) is 0.231. The van der Waals surface area contributed by atoms with Gasteiger partial charge in [0.15, 0.2) is 5.82 Å². The van der Waals surface area contributed by atoms with Gasteiger partial charge in [-0.1, -0.05) is 25.1 Å². The van der Waals surface area contributed by atoms with Crippen molar-refractivity contribution in [2.75, 3.05) is 12.0 Å². The zero-order valence-electron chi connectivity index (χ0n) is 11.6. The van der Waals surface area contributed by atoms with Gasteiger partial charge in [0.25, 0.3) is 0 Å². The van der Waals surface area contributed by atoms with E-state index in [1.165, 1.54) is 12.1 Å². The van der Waals surface area contributed by atoms with E-state index in [0.717, 1.165) is 16.4 Å². The average molecular weight is 325 g/mol. The smallest absolute Gasteiger partial charge is 0.248 e. The molecule has 0 saturated carbocycles.